The molecule has 0 bridgehead atoms. The van der Waals surface area contributed by atoms with Crippen molar-refractivity contribution in [2.24, 2.45) is 7.05 Å². The SMILES string of the molecule is Cn1c(C(=O)NC2(C)CCS(=O)(=O)CC2)nc2cnc(OCc3ccccc3)nc21. The summed E-state index contributed by atoms with van der Waals surface area (Å²) in [6.07, 6.45) is 2.28. The Morgan fingerprint density at radius 2 is 1.90 bits per heavy atom. The molecule has 4 rings (SSSR count). The first-order valence-corrected chi connectivity index (χ1v) is 11.5. The summed E-state index contributed by atoms with van der Waals surface area (Å²) in [5, 5.41) is 2.95. The zero-order valence-corrected chi connectivity index (χ0v) is 17.6. The van der Waals surface area contributed by atoms with Crippen LogP contribution in [-0.2, 0) is 23.5 Å². The molecular weight excluding hydrogens is 406 g/mol. The van der Waals surface area contributed by atoms with Crippen LogP contribution in [0.3, 0.4) is 0 Å². The van der Waals surface area contributed by atoms with Crippen LogP contribution in [0.2, 0.25) is 0 Å². The predicted molar refractivity (Wildman–Crippen MR) is 111 cm³/mol. The highest BCUT2D eigenvalue weighted by Crippen LogP contribution is 2.24. The molecule has 2 aromatic heterocycles. The van der Waals surface area contributed by atoms with Crippen LogP contribution in [0.15, 0.2) is 36.5 Å². The van der Waals surface area contributed by atoms with E-state index >= 15 is 0 Å². The Morgan fingerprint density at radius 1 is 1.20 bits per heavy atom. The van der Waals surface area contributed by atoms with Gasteiger partial charge in [0.25, 0.3) is 5.91 Å². The Kier molecular flexibility index (Phi) is 5.19. The third kappa shape index (κ3) is 4.28. The van der Waals surface area contributed by atoms with E-state index < -0.39 is 15.4 Å². The summed E-state index contributed by atoms with van der Waals surface area (Å²) in [7, 11) is -1.32. The van der Waals surface area contributed by atoms with E-state index in [0.29, 0.717) is 30.6 Å². The molecular formula is C20H23N5O4S. The van der Waals surface area contributed by atoms with Crippen molar-refractivity contribution in [2.75, 3.05) is 11.5 Å². The summed E-state index contributed by atoms with van der Waals surface area (Å²) >= 11 is 0. The number of nitrogens with one attached hydrogen (secondary N) is 1. The maximum absolute atomic E-state index is 12.8. The number of carbonyl (C=O) groups excluding carboxylic acids is 1. The Hall–Kier alpha value is -3.01. The summed E-state index contributed by atoms with van der Waals surface area (Å²) in [4.78, 5) is 25.7. The maximum atomic E-state index is 12.8. The summed E-state index contributed by atoms with van der Waals surface area (Å²) in [5.41, 5.74) is 1.37. The van der Waals surface area contributed by atoms with Crippen molar-refractivity contribution in [3.8, 4) is 6.01 Å². The molecule has 0 aliphatic carbocycles. The minimum Gasteiger partial charge on any atom is -0.459 e. The third-order valence-electron chi connectivity index (χ3n) is 5.35. The fourth-order valence-electron chi connectivity index (χ4n) is 3.40. The number of carbonyl (C=O) groups is 1. The molecule has 0 atom stereocenters. The number of benzene rings is 1. The number of ether oxygens (including phenoxy) is 1. The number of aryl methyl sites for hydroxylation is 1. The number of hydrogen-bond acceptors (Lipinski definition) is 7. The van der Waals surface area contributed by atoms with E-state index in [1.54, 1.807) is 11.6 Å². The smallest absolute Gasteiger partial charge is 0.318 e. The maximum Gasteiger partial charge on any atom is 0.318 e. The number of amides is 1. The Bertz CT molecular complexity index is 1180. The molecule has 1 aromatic carbocycles. The van der Waals surface area contributed by atoms with Crippen LogP contribution in [0.25, 0.3) is 11.2 Å². The van der Waals surface area contributed by atoms with Gasteiger partial charge in [-0.25, -0.2) is 18.4 Å². The lowest BCUT2D eigenvalue weighted by Gasteiger charge is -2.34. The van der Waals surface area contributed by atoms with E-state index in [-0.39, 0.29) is 29.2 Å². The van der Waals surface area contributed by atoms with E-state index in [1.807, 2.05) is 37.3 Å². The molecule has 3 aromatic rings. The zero-order valence-electron chi connectivity index (χ0n) is 16.8. The van der Waals surface area contributed by atoms with Gasteiger partial charge < -0.3 is 14.6 Å². The third-order valence-corrected chi connectivity index (χ3v) is 7.00. The van der Waals surface area contributed by atoms with E-state index in [1.165, 1.54) is 6.20 Å². The van der Waals surface area contributed by atoms with Crippen molar-refractivity contribution in [3.05, 3.63) is 47.9 Å². The Morgan fingerprint density at radius 3 is 2.60 bits per heavy atom. The molecule has 3 heterocycles. The molecule has 1 N–H and O–H groups in total. The van der Waals surface area contributed by atoms with Crippen LogP contribution in [0, 0.1) is 0 Å². The highest BCUT2D eigenvalue weighted by molar-refractivity contribution is 7.91. The number of hydrogen-bond donors (Lipinski definition) is 1. The average molecular weight is 430 g/mol. The number of rotatable bonds is 5. The largest absolute Gasteiger partial charge is 0.459 e. The second-order valence-corrected chi connectivity index (χ2v) is 10.1. The van der Waals surface area contributed by atoms with Gasteiger partial charge in [-0.3, -0.25) is 4.79 Å². The molecule has 0 unspecified atom stereocenters. The first kappa shape index (κ1) is 20.3. The lowest BCUT2D eigenvalue weighted by molar-refractivity contribution is 0.0886. The first-order valence-electron chi connectivity index (χ1n) is 9.64. The van der Waals surface area contributed by atoms with E-state index in [4.69, 9.17) is 4.74 Å². The number of aromatic nitrogens is 4. The van der Waals surface area contributed by atoms with Crippen LogP contribution in [0.1, 0.15) is 35.9 Å². The standard InChI is InChI=1S/C20H23N5O4S/c1-20(8-10-30(27,28)11-9-20)24-18(26)17-22-15-12-21-19(23-16(15)25(17)2)29-13-14-6-4-3-5-7-14/h3-7,12H,8-11,13H2,1-2H3,(H,24,26). The van der Waals surface area contributed by atoms with Crippen LogP contribution < -0.4 is 10.1 Å². The summed E-state index contributed by atoms with van der Waals surface area (Å²) in [5.74, 6) is -0.0435. The first-order chi connectivity index (χ1) is 14.2. The summed E-state index contributed by atoms with van der Waals surface area (Å²) < 4.78 is 30.6. The van der Waals surface area contributed by atoms with Gasteiger partial charge in [0.05, 0.1) is 17.7 Å². The molecule has 0 radical (unpaired) electrons. The van der Waals surface area contributed by atoms with E-state index in [2.05, 4.69) is 20.3 Å². The van der Waals surface area contributed by atoms with Gasteiger partial charge in [-0.05, 0) is 25.3 Å². The average Bonchev–Trinajstić information content (AvgIpc) is 3.06. The number of imidazole rings is 1. The van der Waals surface area contributed by atoms with Crippen molar-refractivity contribution in [1.29, 1.82) is 0 Å². The lowest BCUT2D eigenvalue weighted by atomic mass is 9.95. The normalized spacial score (nSPS) is 17.5. The second-order valence-electron chi connectivity index (χ2n) is 7.80. The Labute approximate surface area is 174 Å². The van der Waals surface area contributed by atoms with Crippen molar-refractivity contribution in [2.45, 2.75) is 31.9 Å². The molecule has 10 heteroatoms. The monoisotopic (exact) mass is 429 g/mol. The summed E-state index contributed by atoms with van der Waals surface area (Å²) in [6, 6.07) is 9.88. The highest BCUT2D eigenvalue weighted by atomic mass is 32.2. The second kappa shape index (κ2) is 7.67. The van der Waals surface area contributed by atoms with Gasteiger partial charge in [-0.15, -0.1) is 0 Å². The van der Waals surface area contributed by atoms with Gasteiger partial charge in [0.1, 0.15) is 22.0 Å². The van der Waals surface area contributed by atoms with Crippen molar-refractivity contribution in [3.63, 3.8) is 0 Å². The highest BCUT2D eigenvalue weighted by Gasteiger charge is 2.35. The molecule has 1 fully saturated rings. The molecule has 0 saturated carbocycles. The van der Waals surface area contributed by atoms with Crippen LogP contribution in [0.4, 0.5) is 0 Å². The zero-order chi connectivity index (χ0) is 21.4. The fraction of sp³-hybridized carbons (Fsp3) is 0.400. The fourth-order valence-corrected chi connectivity index (χ4v) is 5.13. The predicted octanol–water partition coefficient (Wildman–Crippen LogP) is 1.64. The quantitative estimate of drug-likeness (QED) is 0.655. The van der Waals surface area contributed by atoms with Gasteiger partial charge in [0.15, 0.2) is 5.65 Å². The van der Waals surface area contributed by atoms with E-state index in [9.17, 15) is 13.2 Å². The molecule has 1 amide bonds. The minimum absolute atomic E-state index is 0.0694. The molecule has 1 saturated heterocycles. The van der Waals surface area contributed by atoms with Gasteiger partial charge >= 0.3 is 6.01 Å². The summed E-state index contributed by atoms with van der Waals surface area (Å²) in [6.45, 7) is 2.19. The van der Waals surface area contributed by atoms with Gasteiger partial charge in [0.2, 0.25) is 5.82 Å². The van der Waals surface area contributed by atoms with Crippen LogP contribution in [0.5, 0.6) is 6.01 Å². The van der Waals surface area contributed by atoms with Crippen molar-refractivity contribution >= 4 is 26.9 Å². The minimum atomic E-state index is -3.02. The topological polar surface area (TPSA) is 116 Å². The Balaban J connectivity index is 1.50. The molecule has 1 aliphatic rings. The molecule has 30 heavy (non-hydrogen) atoms. The van der Waals surface area contributed by atoms with Gasteiger partial charge in [-0.1, -0.05) is 30.3 Å². The van der Waals surface area contributed by atoms with Gasteiger partial charge in [0, 0.05) is 12.6 Å². The van der Waals surface area contributed by atoms with Crippen molar-refractivity contribution < 1.29 is 17.9 Å². The molecule has 158 valence electrons. The van der Waals surface area contributed by atoms with E-state index in [0.717, 1.165) is 5.56 Å². The molecule has 9 nitrogen and oxygen atoms in total. The van der Waals surface area contributed by atoms with Crippen LogP contribution in [-0.4, -0.2) is 50.9 Å². The number of nitrogens with zero attached hydrogens (tertiary/aromatic N) is 4. The van der Waals surface area contributed by atoms with Crippen molar-refractivity contribution in [1.82, 2.24) is 24.8 Å². The number of sulfone groups is 1. The molecule has 1 aliphatic heterocycles. The number of fused-ring (bicyclic) bond motifs is 1. The van der Waals surface area contributed by atoms with Gasteiger partial charge in [-0.2, -0.15) is 4.98 Å². The lowest BCUT2D eigenvalue weighted by Crippen LogP contribution is -2.51. The molecule has 0 spiro atoms. The van der Waals surface area contributed by atoms with Crippen LogP contribution >= 0.6 is 0 Å².